The zero-order chi connectivity index (χ0) is 5.15. The van der Waals surface area contributed by atoms with Gasteiger partial charge in [0.15, 0.2) is 0 Å². The maximum absolute atomic E-state index is 9.31. The van der Waals surface area contributed by atoms with Gasteiger partial charge in [-0.3, -0.25) is 0 Å². The van der Waals surface area contributed by atoms with Gasteiger partial charge >= 0.3 is 39.9 Å². The van der Waals surface area contributed by atoms with Crippen LogP contribution in [0.15, 0.2) is 0 Å². The first-order valence-corrected chi connectivity index (χ1v) is 3.36. The van der Waals surface area contributed by atoms with Crippen molar-refractivity contribution in [3.05, 3.63) is 10.1 Å². The van der Waals surface area contributed by atoms with Gasteiger partial charge in [0, 0.05) is 0 Å². The van der Waals surface area contributed by atoms with E-state index in [9.17, 15) is 10.1 Å². The Morgan fingerprint density at radius 1 is 1.67 bits per heavy atom. The first kappa shape index (κ1) is 5.98. The van der Waals surface area contributed by atoms with Gasteiger partial charge in [-0.2, -0.15) is 0 Å². The first-order chi connectivity index (χ1) is 2.64. The minimum absolute atomic E-state index is 0.661. The van der Waals surface area contributed by atoms with Crippen molar-refractivity contribution in [3.8, 4) is 0 Å². The Kier molecular flexibility index (Phi) is 2.20. The first-order valence-electron chi connectivity index (χ1n) is 0.872. The van der Waals surface area contributed by atoms with E-state index in [1.54, 1.807) is 0 Å². The third-order valence-corrected chi connectivity index (χ3v) is 0.789. The quantitative estimate of drug-likeness (QED) is 0.296. The van der Waals surface area contributed by atoms with Crippen LogP contribution < -0.4 is 8.73 Å². The summed E-state index contributed by atoms with van der Waals surface area (Å²) in [5.74, 6) is 0. The van der Waals surface area contributed by atoms with Crippen LogP contribution in [0.3, 0.4) is 0 Å². The number of nitrogens with zero attached hydrogens (tertiary/aromatic N) is 1. The van der Waals surface area contributed by atoms with E-state index in [4.69, 9.17) is 0 Å². The van der Waals surface area contributed by atoms with Gasteiger partial charge in [-0.1, -0.05) is 0 Å². The molecular weight excluding hydrogens is 180 g/mol. The second-order valence-corrected chi connectivity index (χ2v) is 2.35. The van der Waals surface area contributed by atoms with Gasteiger partial charge in [0.25, 0.3) is 0 Å². The molecule has 0 aromatic heterocycles. The molecule has 0 aromatic carbocycles. The Labute approximate surface area is 40.6 Å². The van der Waals surface area contributed by atoms with Crippen molar-refractivity contribution < 1.29 is 21.1 Å². The van der Waals surface area contributed by atoms with E-state index in [0.717, 1.165) is 0 Å². The van der Waals surface area contributed by atoms with E-state index >= 15 is 0 Å². The van der Waals surface area contributed by atoms with Crippen molar-refractivity contribution in [2.75, 3.05) is 0 Å². The van der Waals surface area contributed by atoms with Gasteiger partial charge < -0.3 is 0 Å². The Hall–Kier alpha value is -0.0177. The number of nitrogens with two attached hydrogens (primary N) is 2. The molecule has 0 aliphatic rings. The zero-order valence-electron chi connectivity index (χ0n) is 2.73. The molecule has 0 spiro atoms. The molecule has 0 radical (unpaired) electrons. The Balaban J connectivity index is 3.26. The summed E-state index contributed by atoms with van der Waals surface area (Å²) in [5.41, 5.74) is 0. The zero-order valence-corrected chi connectivity index (χ0v) is 4.29. The molecule has 6 heavy (non-hydrogen) atoms. The molecule has 0 atom stereocenters. The Morgan fingerprint density at radius 2 is 1.83 bits per heavy atom. The van der Waals surface area contributed by atoms with Crippen LogP contribution in [0.4, 0.5) is 0 Å². The van der Waals surface area contributed by atoms with Crippen molar-refractivity contribution in [1.29, 1.82) is 0 Å². The molecule has 4 N–H and O–H groups in total. The average molecular weight is 184 g/mol. The summed E-state index contributed by atoms with van der Waals surface area (Å²) in [6.07, 6.45) is 0. The van der Waals surface area contributed by atoms with Crippen molar-refractivity contribution in [2.24, 2.45) is 8.73 Å². The van der Waals surface area contributed by atoms with Gasteiger partial charge in [-0.15, -0.1) is 0 Å². The van der Waals surface area contributed by atoms with Crippen molar-refractivity contribution in [1.82, 2.24) is 0 Å². The van der Waals surface area contributed by atoms with Crippen molar-refractivity contribution >= 4 is 0 Å². The molecule has 0 saturated carbocycles. The van der Waals surface area contributed by atoms with E-state index in [1.807, 2.05) is 0 Å². The number of nitro groups is 1. The summed E-state index contributed by atoms with van der Waals surface area (Å²) in [6.45, 7) is 0. The van der Waals surface area contributed by atoms with E-state index in [-0.39, 0.29) is 0 Å². The molecule has 6 heteroatoms. The number of rotatable bonds is 1. The fraction of sp³-hybridized carbons (Fsp3) is 0. The SMILES string of the molecule is [NH2][Pd]([NH2])[N+](=O)[O-]. The fourth-order valence-corrected chi connectivity index (χ4v) is 0. The molecule has 0 saturated heterocycles. The van der Waals surface area contributed by atoms with Crippen LogP contribution in [0, 0.1) is 10.1 Å². The second-order valence-electron chi connectivity index (χ2n) is 0.459. The molecular formula is H4N3O2Pd. The molecule has 5 nitrogen and oxygen atoms in total. The Morgan fingerprint density at radius 3 is 1.83 bits per heavy atom. The summed E-state index contributed by atoms with van der Waals surface area (Å²) in [6, 6.07) is 0. The van der Waals surface area contributed by atoms with Gasteiger partial charge in [0.2, 0.25) is 0 Å². The van der Waals surface area contributed by atoms with Crippen LogP contribution in [0.25, 0.3) is 0 Å². The van der Waals surface area contributed by atoms with Crippen LogP contribution in [-0.2, 0) is 17.5 Å². The summed E-state index contributed by atoms with van der Waals surface area (Å²) in [5, 5.41) is 9.31. The third kappa shape index (κ3) is 2.23. The van der Waals surface area contributed by atoms with Crippen LogP contribution in [0.1, 0.15) is 0 Å². The molecule has 41 valence electrons. The normalized spacial score (nSPS) is 10.7. The predicted octanol–water partition coefficient (Wildman–Crippen LogP) is -1.46. The van der Waals surface area contributed by atoms with Crippen LogP contribution >= 0.6 is 0 Å². The molecule has 0 fully saturated rings. The molecule has 0 aliphatic heterocycles. The third-order valence-electron chi connectivity index (χ3n) is 0.133. The van der Waals surface area contributed by atoms with Crippen molar-refractivity contribution in [3.63, 3.8) is 0 Å². The van der Waals surface area contributed by atoms with E-state index in [2.05, 4.69) is 8.73 Å². The molecule has 0 amide bonds. The standard InChI is InChI=1S/NO2.2H2N.Pd/c2-1-3;;;/h;2*1H2;/q;2*-1;+2. The average Bonchev–Trinajstić information content (AvgIpc) is 1.36. The van der Waals surface area contributed by atoms with Gasteiger partial charge in [0.05, 0.1) is 0 Å². The summed E-state index contributed by atoms with van der Waals surface area (Å²) < 4.78 is 8.60. The van der Waals surface area contributed by atoms with E-state index in [0.29, 0.717) is 0 Å². The van der Waals surface area contributed by atoms with Crippen LogP contribution in [-0.4, -0.2) is 3.56 Å². The van der Waals surface area contributed by atoms with Gasteiger partial charge in [-0.25, -0.2) is 0 Å². The minimum atomic E-state index is -2.35. The van der Waals surface area contributed by atoms with Crippen molar-refractivity contribution in [2.45, 2.75) is 0 Å². The molecule has 0 unspecified atom stereocenters. The fourth-order valence-electron chi connectivity index (χ4n) is 0. The van der Waals surface area contributed by atoms with Gasteiger partial charge in [-0.05, 0) is 0 Å². The maximum atomic E-state index is 9.31. The van der Waals surface area contributed by atoms with E-state index < -0.39 is 21.1 Å². The molecule has 0 heterocycles. The summed E-state index contributed by atoms with van der Waals surface area (Å²) >= 11 is -2.35. The van der Waals surface area contributed by atoms with Crippen LogP contribution in [0.2, 0.25) is 0 Å². The summed E-state index contributed by atoms with van der Waals surface area (Å²) in [4.78, 5) is 9.31. The van der Waals surface area contributed by atoms with Gasteiger partial charge in [0.1, 0.15) is 0 Å². The second kappa shape index (κ2) is 2.21. The summed E-state index contributed by atoms with van der Waals surface area (Å²) in [7, 11) is 0. The molecule has 0 aliphatic carbocycles. The number of hydrogen-bond donors (Lipinski definition) is 2. The molecule has 0 rings (SSSR count). The topological polar surface area (TPSA) is 95.2 Å². The molecule has 0 bridgehead atoms. The number of hydrogen-bond acceptors (Lipinski definition) is 4. The Bertz CT molecular complexity index is 59.8. The molecule has 0 aromatic rings. The van der Waals surface area contributed by atoms with Crippen LogP contribution in [0.5, 0.6) is 0 Å². The predicted molar refractivity (Wildman–Crippen MR) is 15.4 cm³/mol. The monoisotopic (exact) mass is 184 g/mol. The van der Waals surface area contributed by atoms with E-state index in [1.165, 1.54) is 0 Å².